The number of hydrogen-bond acceptors (Lipinski definition) is 4. The zero-order chi connectivity index (χ0) is 13.0. The number of phenols is 1. The standard InChI is InChI=1S/C14H22N2O2/c1-16-6-5-11(10-16)8-15-9-12-3-4-13(18-2)7-14(12)17/h3-4,7,11,15,17H,5-6,8-10H2,1-2H3. The van der Waals surface area contributed by atoms with Crippen LogP contribution < -0.4 is 10.1 Å². The number of likely N-dealkylation sites (tertiary alicyclic amines) is 1. The number of nitrogens with one attached hydrogen (secondary N) is 1. The molecule has 1 aliphatic rings. The molecule has 4 heteroatoms. The summed E-state index contributed by atoms with van der Waals surface area (Å²) in [6.07, 6.45) is 1.26. The first-order valence-corrected chi connectivity index (χ1v) is 6.44. The van der Waals surface area contributed by atoms with E-state index in [1.807, 2.05) is 12.1 Å². The number of nitrogens with zero attached hydrogens (tertiary/aromatic N) is 1. The Labute approximate surface area is 109 Å². The van der Waals surface area contributed by atoms with Crippen LogP contribution in [0.4, 0.5) is 0 Å². The van der Waals surface area contributed by atoms with Crippen molar-refractivity contribution in [1.82, 2.24) is 10.2 Å². The lowest BCUT2D eigenvalue weighted by Crippen LogP contribution is -2.24. The van der Waals surface area contributed by atoms with Crippen molar-refractivity contribution in [3.63, 3.8) is 0 Å². The summed E-state index contributed by atoms with van der Waals surface area (Å²) in [5, 5.41) is 13.2. The summed E-state index contributed by atoms with van der Waals surface area (Å²) in [5.74, 6) is 1.72. The number of benzene rings is 1. The third kappa shape index (κ3) is 3.37. The molecule has 0 aliphatic carbocycles. The van der Waals surface area contributed by atoms with Gasteiger partial charge in [0.25, 0.3) is 0 Å². The molecule has 0 spiro atoms. The van der Waals surface area contributed by atoms with Crippen LogP contribution in [0.2, 0.25) is 0 Å². The maximum Gasteiger partial charge on any atom is 0.123 e. The fraction of sp³-hybridized carbons (Fsp3) is 0.571. The van der Waals surface area contributed by atoms with Crippen molar-refractivity contribution in [3.05, 3.63) is 23.8 Å². The van der Waals surface area contributed by atoms with Crippen molar-refractivity contribution >= 4 is 0 Å². The van der Waals surface area contributed by atoms with Crippen molar-refractivity contribution in [1.29, 1.82) is 0 Å². The second-order valence-corrected chi connectivity index (χ2v) is 5.04. The SMILES string of the molecule is COc1ccc(CNCC2CCN(C)C2)c(O)c1. The Morgan fingerprint density at radius 3 is 2.94 bits per heavy atom. The van der Waals surface area contributed by atoms with Crippen LogP contribution in [0, 0.1) is 5.92 Å². The number of phenolic OH excluding ortho intramolecular Hbond substituents is 1. The molecular weight excluding hydrogens is 228 g/mol. The normalized spacial score (nSPS) is 20.2. The predicted molar refractivity (Wildman–Crippen MR) is 72.0 cm³/mol. The molecule has 2 N–H and O–H groups in total. The molecule has 100 valence electrons. The molecule has 1 aliphatic heterocycles. The van der Waals surface area contributed by atoms with Gasteiger partial charge in [0.1, 0.15) is 11.5 Å². The summed E-state index contributed by atoms with van der Waals surface area (Å²) in [6, 6.07) is 5.43. The molecule has 0 radical (unpaired) electrons. The van der Waals surface area contributed by atoms with Gasteiger partial charge in [-0.1, -0.05) is 6.07 Å². The van der Waals surface area contributed by atoms with Gasteiger partial charge in [-0.3, -0.25) is 0 Å². The van der Waals surface area contributed by atoms with Gasteiger partial charge < -0.3 is 20.1 Å². The lowest BCUT2D eigenvalue weighted by atomic mass is 10.1. The van der Waals surface area contributed by atoms with Crippen molar-refractivity contribution in [2.45, 2.75) is 13.0 Å². The fourth-order valence-corrected chi connectivity index (χ4v) is 2.42. The van der Waals surface area contributed by atoms with Gasteiger partial charge in [-0.15, -0.1) is 0 Å². The Morgan fingerprint density at radius 2 is 2.33 bits per heavy atom. The minimum Gasteiger partial charge on any atom is -0.507 e. The van der Waals surface area contributed by atoms with Crippen LogP contribution in [-0.4, -0.2) is 43.8 Å². The van der Waals surface area contributed by atoms with E-state index in [9.17, 15) is 5.11 Å². The number of rotatable bonds is 5. The summed E-state index contributed by atoms with van der Waals surface area (Å²) in [5.41, 5.74) is 0.919. The minimum absolute atomic E-state index is 0.297. The summed E-state index contributed by atoms with van der Waals surface area (Å²) < 4.78 is 5.06. The number of methoxy groups -OCH3 is 1. The van der Waals surface area contributed by atoms with Crippen LogP contribution in [0.5, 0.6) is 11.5 Å². The Morgan fingerprint density at radius 1 is 1.50 bits per heavy atom. The smallest absolute Gasteiger partial charge is 0.123 e. The van der Waals surface area contributed by atoms with E-state index < -0.39 is 0 Å². The first-order valence-electron chi connectivity index (χ1n) is 6.44. The maximum absolute atomic E-state index is 9.83. The molecule has 1 aromatic carbocycles. The third-order valence-corrected chi connectivity index (χ3v) is 3.53. The van der Waals surface area contributed by atoms with Crippen molar-refractivity contribution in [3.8, 4) is 11.5 Å². The van der Waals surface area contributed by atoms with E-state index >= 15 is 0 Å². The highest BCUT2D eigenvalue weighted by Gasteiger charge is 2.18. The van der Waals surface area contributed by atoms with Gasteiger partial charge in [-0.25, -0.2) is 0 Å². The topological polar surface area (TPSA) is 44.7 Å². The monoisotopic (exact) mass is 250 g/mol. The largest absolute Gasteiger partial charge is 0.507 e. The Balaban J connectivity index is 1.79. The molecule has 1 fully saturated rings. The van der Waals surface area contributed by atoms with Gasteiger partial charge in [-0.2, -0.15) is 0 Å². The lowest BCUT2D eigenvalue weighted by Gasteiger charge is -2.12. The summed E-state index contributed by atoms with van der Waals surface area (Å²) in [6.45, 7) is 4.08. The fourth-order valence-electron chi connectivity index (χ4n) is 2.42. The number of hydrogen-bond donors (Lipinski definition) is 2. The first kappa shape index (κ1) is 13.2. The van der Waals surface area contributed by atoms with E-state index in [1.165, 1.54) is 19.5 Å². The molecule has 1 saturated heterocycles. The van der Waals surface area contributed by atoms with Gasteiger partial charge in [0.2, 0.25) is 0 Å². The first-order chi connectivity index (χ1) is 8.69. The van der Waals surface area contributed by atoms with Gasteiger partial charge >= 0.3 is 0 Å². The van der Waals surface area contributed by atoms with Crippen LogP contribution in [0.1, 0.15) is 12.0 Å². The van der Waals surface area contributed by atoms with Crippen molar-refractivity contribution in [2.75, 3.05) is 33.8 Å². The highest BCUT2D eigenvalue weighted by atomic mass is 16.5. The van der Waals surface area contributed by atoms with Gasteiger partial charge in [0.05, 0.1) is 7.11 Å². The molecule has 0 saturated carbocycles. The van der Waals surface area contributed by atoms with E-state index in [0.717, 1.165) is 18.0 Å². The van der Waals surface area contributed by atoms with E-state index in [4.69, 9.17) is 4.74 Å². The molecule has 1 atom stereocenters. The van der Waals surface area contributed by atoms with E-state index in [0.29, 0.717) is 18.0 Å². The molecule has 1 heterocycles. The molecule has 1 unspecified atom stereocenters. The average molecular weight is 250 g/mol. The van der Waals surface area contributed by atoms with Crippen LogP contribution >= 0.6 is 0 Å². The van der Waals surface area contributed by atoms with Gasteiger partial charge in [0, 0.05) is 24.7 Å². The second kappa shape index (κ2) is 6.07. The molecule has 1 aromatic rings. The van der Waals surface area contributed by atoms with Crippen molar-refractivity contribution < 1.29 is 9.84 Å². The third-order valence-electron chi connectivity index (χ3n) is 3.53. The zero-order valence-electron chi connectivity index (χ0n) is 11.1. The average Bonchev–Trinajstić information content (AvgIpc) is 2.77. The highest BCUT2D eigenvalue weighted by Crippen LogP contribution is 2.23. The van der Waals surface area contributed by atoms with Crippen molar-refractivity contribution in [2.24, 2.45) is 5.92 Å². The number of ether oxygens (including phenoxy) is 1. The highest BCUT2D eigenvalue weighted by molar-refractivity contribution is 5.39. The van der Waals surface area contributed by atoms with Crippen LogP contribution in [0.3, 0.4) is 0 Å². The van der Waals surface area contributed by atoms with Gasteiger partial charge in [0.15, 0.2) is 0 Å². The van der Waals surface area contributed by atoms with Crippen LogP contribution in [0.15, 0.2) is 18.2 Å². The Hall–Kier alpha value is -1.26. The molecule has 0 aromatic heterocycles. The number of aromatic hydroxyl groups is 1. The summed E-state index contributed by atoms with van der Waals surface area (Å²) >= 11 is 0. The molecule has 4 nitrogen and oxygen atoms in total. The van der Waals surface area contributed by atoms with Crippen LogP contribution in [0.25, 0.3) is 0 Å². The van der Waals surface area contributed by atoms with E-state index in [2.05, 4.69) is 17.3 Å². The Bertz CT molecular complexity index is 395. The van der Waals surface area contributed by atoms with Gasteiger partial charge in [-0.05, 0) is 38.5 Å². The Kier molecular flexibility index (Phi) is 4.44. The molecule has 18 heavy (non-hydrogen) atoms. The molecule has 0 amide bonds. The quantitative estimate of drug-likeness (QED) is 0.830. The lowest BCUT2D eigenvalue weighted by molar-refractivity contribution is 0.386. The summed E-state index contributed by atoms with van der Waals surface area (Å²) in [7, 11) is 3.76. The predicted octanol–water partition coefficient (Wildman–Crippen LogP) is 1.44. The van der Waals surface area contributed by atoms with E-state index in [-0.39, 0.29) is 0 Å². The molecule has 0 bridgehead atoms. The zero-order valence-corrected chi connectivity index (χ0v) is 11.1. The van der Waals surface area contributed by atoms with Crippen LogP contribution in [-0.2, 0) is 6.54 Å². The molecular formula is C14H22N2O2. The molecule has 2 rings (SSSR count). The maximum atomic E-state index is 9.83. The minimum atomic E-state index is 0.297. The van der Waals surface area contributed by atoms with E-state index in [1.54, 1.807) is 13.2 Å². The summed E-state index contributed by atoms with van der Waals surface area (Å²) in [4.78, 5) is 2.36. The second-order valence-electron chi connectivity index (χ2n) is 5.04.